The molecule has 4 fully saturated rings. The molecule has 3 amide bonds. The molecule has 0 aromatic heterocycles. The number of amides is 3. The molecule has 7 nitrogen and oxygen atoms in total. The number of carbonyl (C=O) groups excluding carboxylic acids is 3. The van der Waals surface area contributed by atoms with E-state index in [0.717, 1.165) is 44.1 Å². The molecule has 6 rings (SSSR count). The molecule has 3 heterocycles. The van der Waals surface area contributed by atoms with Crippen molar-refractivity contribution in [1.29, 1.82) is 0 Å². The SMILES string of the molecule is Cc1ccc(NC(=O)[C@@H]2[C@@H]3C=C[C@]4(O3)[C@@H]2C(=O)N(C2CCC(C)CC2)[C@H]4C(=O)N[C@@H]2CCC[C@@H](C)[C@H]2C)cc1Cl. The van der Waals surface area contributed by atoms with Gasteiger partial charge in [0.15, 0.2) is 0 Å². The number of hydrogen-bond donors (Lipinski definition) is 2. The Bertz CT molecular complexity index is 1230. The van der Waals surface area contributed by atoms with Crippen LogP contribution >= 0.6 is 11.6 Å². The van der Waals surface area contributed by atoms with Crippen molar-refractivity contribution in [1.82, 2.24) is 10.2 Å². The maximum absolute atomic E-state index is 14.4. The van der Waals surface area contributed by atoms with Crippen LogP contribution in [0.2, 0.25) is 5.02 Å². The maximum Gasteiger partial charge on any atom is 0.246 e. The second-order valence-corrected chi connectivity index (χ2v) is 13.6. The highest BCUT2D eigenvalue weighted by molar-refractivity contribution is 6.31. The molecule has 1 aromatic carbocycles. The minimum Gasteiger partial charge on any atom is -0.359 e. The number of rotatable bonds is 5. The van der Waals surface area contributed by atoms with Gasteiger partial charge in [-0.25, -0.2) is 0 Å². The summed E-state index contributed by atoms with van der Waals surface area (Å²) in [4.78, 5) is 44.2. The fraction of sp³-hybridized carbons (Fsp3) is 0.656. The van der Waals surface area contributed by atoms with Gasteiger partial charge in [0.1, 0.15) is 11.6 Å². The first-order valence-corrected chi connectivity index (χ1v) is 15.5. The summed E-state index contributed by atoms with van der Waals surface area (Å²) in [5, 5.41) is 6.91. The topological polar surface area (TPSA) is 87.7 Å². The molecule has 8 heteroatoms. The standard InChI is InChI=1S/C32H42ClN3O4/c1-17-8-12-22(13-9-17)36-28(30(38)35-24-7-5-6-18(2)20(24)4)32-15-14-25(40-32)26(27(32)31(36)39)29(37)34-21-11-10-19(3)23(33)16-21/h10-11,14-18,20,22,24-28H,5-9,12-13H2,1-4H3,(H,34,37)(H,35,38)/t17?,18-,20-,22?,24-,25+,26-,27+,28+,32+/m1/s1. The number of anilines is 1. The Morgan fingerprint density at radius 3 is 2.52 bits per heavy atom. The minimum atomic E-state index is -1.13. The first-order chi connectivity index (χ1) is 19.1. The Hall–Kier alpha value is -2.38. The van der Waals surface area contributed by atoms with Crippen LogP contribution in [-0.2, 0) is 19.1 Å². The molecule has 1 aromatic rings. The number of likely N-dealkylation sites (tertiary alicyclic amines) is 1. The number of nitrogens with one attached hydrogen (secondary N) is 2. The van der Waals surface area contributed by atoms with Gasteiger partial charge in [-0.15, -0.1) is 0 Å². The lowest BCUT2D eigenvalue weighted by atomic mass is 9.73. The lowest BCUT2D eigenvalue weighted by Gasteiger charge is -2.41. The summed E-state index contributed by atoms with van der Waals surface area (Å²) in [6, 6.07) is 4.66. The molecule has 5 aliphatic rings. The molecular formula is C32H42ClN3O4. The monoisotopic (exact) mass is 567 g/mol. The third-order valence-electron chi connectivity index (χ3n) is 10.7. The van der Waals surface area contributed by atoms with Crippen LogP contribution in [0.5, 0.6) is 0 Å². The van der Waals surface area contributed by atoms with Crippen LogP contribution in [0.25, 0.3) is 0 Å². The first kappa shape index (κ1) is 27.8. The second-order valence-electron chi connectivity index (χ2n) is 13.2. The smallest absolute Gasteiger partial charge is 0.246 e. The summed E-state index contributed by atoms with van der Waals surface area (Å²) in [6.07, 6.45) is 10.2. The highest BCUT2D eigenvalue weighted by Gasteiger charge is 2.73. The van der Waals surface area contributed by atoms with E-state index in [-0.39, 0.29) is 29.8 Å². The van der Waals surface area contributed by atoms with E-state index in [0.29, 0.717) is 28.5 Å². The van der Waals surface area contributed by atoms with E-state index in [9.17, 15) is 14.4 Å². The number of fused-ring (bicyclic) bond motifs is 1. The highest BCUT2D eigenvalue weighted by atomic mass is 35.5. The van der Waals surface area contributed by atoms with Crippen LogP contribution in [0.1, 0.15) is 71.3 Å². The Morgan fingerprint density at radius 1 is 1.05 bits per heavy atom. The molecule has 216 valence electrons. The van der Waals surface area contributed by atoms with Gasteiger partial charge >= 0.3 is 0 Å². The zero-order valence-corrected chi connectivity index (χ0v) is 24.7. The number of nitrogens with zero attached hydrogens (tertiary/aromatic N) is 1. The summed E-state index contributed by atoms with van der Waals surface area (Å²) < 4.78 is 6.56. The number of halogens is 1. The molecule has 2 N–H and O–H groups in total. The van der Waals surface area contributed by atoms with Gasteiger partial charge in [0, 0.05) is 22.8 Å². The Kier molecular flexibility index (Phi) is 7.27. The van der Waals surface area contributed by atoms with Gasteiger partial charge in [0.2, 0.25) is 17.7 Å². The Morgan fingerprint density at radius 2 is 1.80 bits per heavy atom. The number of aryl methyl sites for hydroxylation is 1. The number of carbonyl (C=O) groups is 3. The molecular weight excluding hydrogens is 526 g/mol. The van der Waals surface area contributed by atoms with Crippen LogP contribution in [0, 0.1) is 36.5 Å². The summed E-state index contributed by atoms with van der Waals surface area (Å²) in [6.45, 7) is 8.62. The van der Waals surface area contributed by atoms with Gasteiger partial charge in [-0.3, -0.25) is 14.4 Å². The van der Waals surface area contributed by atoms with E-state index >= 15 is 0 Å². The largest absolute Gasteiger partial charge is 0.359 e. The zero-order chi connectivity index (χ0) is 28.3. The van der Waals surface area contributed by atoms with E-state index in [4.69, 9.17) is 16.3 Å². The van der Waals surface area contributed by atoms with E-state index in [1.54, 1.807) is 6.07 Å². The van der Waals surface area contributed by atoms with Gasteiger partial charge in [0.25, 0.3) is 0 Å². The van der Waals surface area contributed by atoms with Gasteiger partial charge in [-0.2, -0.15) is 0 Å². The third kappa shape index (κ3) is 4.48. The zero-order valence-electron chi connectivity index (χ0n) is 24.0. The molecule has 3 aliphatic heterocycles. The molecule has 2 bridgehead atoms. The molecule has 40 heavy (non-hydrogen) atoms. The van der Waals surface area contributed by atoms with E-state index in [1.807, 2.05) is 36.1 Å². The van der Waals surface area contributed by atoms with Crippen molar-refractivity contribution in [2.24, 2.45) is 29.6 Å². The maximum atomic E-state index is 14.4. The average molecular weight is 568 g/mol. The summed E-state index contributed by atoms with van der Waals surface area (Å²) >= 11 is 6.31. The third-order valence-corrected chi connectivity index (χ3v) is 11.1. The summed E-state index contributed by atoms with van der Waals surface area (Å²) in [5.41, 5.74) is 0.370. The predicted octanol–water partition coefficient (Wildman–Crippen LogP) is 5.26. The van der Waals surface area contributed by atoms with Crippen molar-refractivity contribution in [3.05, 3.63) is 40.9 Å². The molecule has 2 saturated heterocycles. The lowest BCUT2D eigenvalue weighted by Crippen LogP contribution is -2.59. The number of benzene rings is 1. The van der Waals surface area contributed by atoms with E-state index in [2.05, 4.69) is 31.4 Å². The molecule has 0 radical (unpaired) electrons. The fourth-order valence-electron chi connectivity index (χ4n) is 8.06. The Balaban J connectivity index is 1.31. The first-order valence-electron chi connectivity index (χ1n) is 15.2. The summed E-state index contributed by atoms with van der Waals surface area (Å²) in [5.74, 6) is -0.486. The van der Waals surface area contributed by atoms with Gasteiger partial charge in [-0.05, 0) is 74.5 Å². The average Bonchev–Trinajstić information content (AvgIpc) is 3.57. The molecule has 2 aliphatic carbocycles. The fourth-order valence-corrected chi connectivity index (χ4v) is 8.24. The highest BCUT2D eigenvalue weighted by Crippen LogP contribution is 2.56. The number of ether oxygens (including phenoxy) is 1. The van der Waals surface area contributed by atoms with E-state index < -0.39 is 29.6 Å². The van der Waals surface area contributed by atoms with Crippen LogP contribution in [0.4, 0.5) is 5.69 Å². The predicted molar refractivity (Wildman–Crippen MR) is 155 cm³/mol. The normalized spacial score (nSPS) is 40.3. The van der Waals surface area contributed by atoms with Gasteiger partial charge in [-0.1, -0.05) is 63.4 Å². The summed E-state index contributed by atoms with van der Waals surface area (Å²) in [7, 11) is 0. The van der Waals surface area contributed by atoms with Gasteiger partial charge in [0.05, 0.1) is 17.9 Å². The van der Waals surface area contributed by atoms with Crippen molar-refractivity contribution < 1.29 is 19.1 Å². The van der Waals surface area contributed by atoms with Crippen molar-refractivity contribution in [3.63, 3.8) is 0 Å². The van der Waals surface area contributed by atoms with Crippen LogP contribution in [0.3, 0.4) is 0 Å². The quantitative estimate of drug-likeness (QED) is 0.475. The molecule has 2 saturated carbocycles. The molecule has 8 atom stereocenters. The van der Waals surface area contributed by atoms with Crippen molar-refractivity contribution in [2.45, 2.75) is 102 Å². The second kappa shape index (κ2) is 10.5. The van der Waals surface area contributed by atoms with Crippen molar-refractivity contribution in [2.75, 3.05) is 5.32 Å². The van der Waals surface area contributed by atoms with Crippen LogP contribution < -0.4 is 10.6 Å². The van der Waals surface area contributed by atoms with E-state index in [1.165, 1.54) is 6.42 Å². The number of hydrogen-bond acceptors (Lipinski definition) is 4. The van der Waals surface area contributed by atoms with Crippen LogP contribution in [0.15, 0.2) is 30.4 Å². The van der Waals surface area contributed by atoms with Crippen molar-refractivity contribution in [3.8, 4) is 0 Å². The molecule has 1 spiro atoms. The van der Waals surface area contributed by atoms with Crippen molar-refractivity contribution >= 4 is 35.0 Å². The molecule has 0 unspecified atom stereocenters. The minimum absolute atomic E-state index is 0.0298. The lowest BCUT2D eigenvalue weighted by molar-refractivity contribution is -0.145. The van der Waals surface area contributed by atoms with Crippen LogP contribution in [-0.4, -0.2) is 52.5 Å². The Labute approximate surface area is 242 Å². The van der Waals surface area contributed by atoms with Gasteiger partial charge < -0.3 is 20.3 Å².